The van der Waals surface area contributed by atoms with Crippen molar-refractivity contribution in [3.63, 3.8) is 0 Å². The third kappa shape index (κ3) is 4.41. The summed E-state index contributed by atoms with van der Waals surface area (Å²) in [6.07, 6.45) is 4.14. The molecule has 1 rings (SSSR count). The van der Waals surface area contributed by atoms with Gasteiger partial charge < -0.3 is 0 Å². The molecule has 11 heavy (non-hydrogen) atoms. The fraction of sp³-hybridized carbons (Fsp3) is 0.200. The molecule has 0 aromatic heterocycles. The molecule has 1 aromatic carbocycles. The topological polar surface area (TPSA) is 0 Å². The number of allylic oxidation sites excluding steroid dienone is 1. The molecule has 0 bridgehead atoms. The van der Waals surface area contributed by atoms with Crippen molar-refractivity contribution in [3.8, 4) is 0 Å². The Balaban J connectivity index is 0.000001000. The average Bonchev–Trinajstić information content (AvgIpc) is 2.03. The zero-order chi connectivity index (χ0) is 7.23. The molecule has 0 unspecified atom stereocenters. The summed E-state index contributed by atoms with van der Waals surface area (Å²) in [6, 6.07) is 10.5. The zero-order valence-corrected chi connectivity index (χ0v) is 6.09. The molecular weight excluding hydrogens is 143 g/mol. The first kappa shape index (κ1) is 11.0. The summed E-state index contributed by atoms with van der Waals surface area (Å²) < 4.78 is 0. The van der Waals surface area contributed by atoms with Gasteiger partial charge in [-0.25, -0.2) is 0 Å². The van der Waals surface area contributed by atoms with E-state index in [1.54, 1.807) is 0 Å². The van der Waals surface area contributed by atoms with Crippen LogP contribution in [0.5, 0.6) is 0 Å². The molecule has 0 saturated heterocycles. The van der Waals surface area contributed by atoms with E-state index in [4.69, 9.17) is 0 Å². The second-order valence-electron chi connectivity index (χ2n) is 2.31. The number of benzene rings is 1. The van der Waals surface area contributed by atoms with Crippen LogP contribution in [0.3, 0.4) is 0 Å². The van der Waals surface area contributed by atoms with Gasteiger partial charge in [0.15, 0.2) is 0 Å². The van der Waals surface area contributed by atoms with Crippen molar-refractivity contribution in [1.29, 1.82) is 0 Å². The fourth-order valence-corrected chi connectivity index (χ4v) is 0.913. The molecule has 0 fully saturated rings. The Morgan fingerprint density at radius 3 is 2.36 bits per heavy atom. The van der Waals surface area contributed by atoms with Crippen molar-refractivity contribution in [2.24, 2.45) is 0 Å². The summed E-state index contributed by atoms with van der Waals surface area (Å²) in [7, 11) is 0. The van der Waals surface area contributed by atoms with E-state index in [-0.39, 0.29) is 29.6 Å². The molecule has 0 N–H and O–H groups in total. The van der Waals surface area contributed by atoms with Crippen LogP contribution in [-0.4, -0.2) is 29.6 Å². The monoisotopic (exact) mass is 156 g/mol. The van der Waals surface area contributed by atoms with Gasteiger partial charge in [-0.2, -0.15) is 0 Å². The van der Waals surface area contributed by atoms with Gasteiger partial charge in [0.05, 0.1) is 0 Å². The molecule has 0 aliphatic heterocycles. The molecule has 0 aliphatic carbocycles. The summed E-state index contributed by atoms with van der Waals surface area (Å²) in [5.41, 5.74) is 1.39. The van der Waals surface area contributed by atoms with Crippen LogP contribution in [0, 0.1) is 0 Å². The van der Waals surface area contributed by atoms with E-state index in [2.05, 4.69) is 30.8 Å². The molecule has 0 saturated carbocycles. The number of hydrogen-bond acceptors (Lipinski definition) is 0. The maximum absolute atomic E-state index is 3.68. The van der Waals surface area contributed by atoms with Crippen molar-refractivity contribution >= 4 is 29.6 Å². The molecule has 1 heteroatoms. The molecule has 0 radical (unpaired) electrons. The normalized spacial score (nSPS) is 8.36. The van der Waals surface area contributed by atoms with E-state index in [1.165, 1.54) is 5.56 Å². The Hall–Kier alpha value is -0.0400. The zero-order valence-electron chi connectivity index (χ0n) is 6.09. The molecule has 0 atom stereocenters. The minimum absolute atomic E-state index is 0. The van der Waals surface area contributed by atoms with Crippen LogP contribution in [0.2, 0.25) is 0 Å². The molecule has 0 aliphatic rings. The summed E-state index contributed by atoms with van der Waals surface area (Å²) in [4.78, 5) is 0. The Morgan fingerprint density at radius 1 is 1.18 bits per heavy atom. The predicted molar refractivity (Wildman–Crippen MR) is 52.1 cm³/mol. The van der Waals surface area contributed by atoms with Gasteiger partial charge in [0.25, 0.3) is 0 Å². The summed E-state index contributed by atoms with van der Waals surface area (Å²) >= 11 is 0. The molecule has 1 aromatic rings. The second-order valence-corrected chi connectivity index (χ2v) is 2.31. The van der Waals surface area contributed by atoms with Crippen molar-refractivity contribution < 1.29 is 0 Å². The van der Waals surface area contributed by atoms with Gasteiger partial charge in [-0.1, -0.05) is 36.4 Å². The summed E-state index contributed by atoms with van der Waals surface area (Å²) in [5.74, 6) is 0. The Morgan fingerprint density at radius 2 is 1.82 bits per heavy atom. The first-order valence-corrected chi connectivity index (χ1v) is 3.58. The number of aryl methyl sites for hydroxylation is 1. The van der Waals surface area contributed by atoms with Crippen LogP contribution in [0.15, 0.2) is 43.0 Å². The van der Waals surface area contributed by atoms with Crippen LogP contribution in [0.4, 0.5) is 0 Å². The molecule has 0 amide bonds. The van der Waals surface area contributed by atoms with E-state index >= 15 is 0 Å². The van der Waals surface area contributed by atoms with Crippen LogP contribution in [0.1, 0.15) is 12.0 Å². The molecule has 0 spiro atoms. The standard InChI is InChI=1S/C10H12.Na.H/c1-2-3-7-10-8-5-4-6-9-10;;/h2,4-6,8-9H,1,3,7H2;;. The average molecular weight is 156 g/mol. The van der Waals surface area contributed by atoms with Gasteiger partial charge in [0, 0.05) is 0 Å². The van der Waals surface area contributed by atoms with E-state index < -0.39 is 0 Å². The fourth-order valence-electron chi connectivity index (χ4n) is 0.913. The first-order chi connectivity index (χ1) is 4.93. The predicted octanol–water partition coefficient (Wildman–Crippen LogP) is 2.16. The van der Waals surface area contributed by atoms with E-state index in [9.17, 15) is 0 Å². The van der Waals surface area contributed by atoms with Crippen LogP contribution in [0.25, 0.3) is 0 Å². The van der Waals surface area contributed by atoms with Gasteiger partial charge in [-0.15, -0.1) is 6.58 Å². The van der Waals surface area contributed by atoms with Gasteiger partial charge >= 0.3 is 29.6 Å². The van der Waals surface area contributed by atoms with Gasteiger partial charge in [0.1, 0.15) is 0 Å². The SMILES string of the molecule is C=CCCc1ccccc1.[NaH]. The summed E-state index contributed by atoms with van der Waals surface area (Å²) in [6.45, 7) is 3.68. The van der Waals surface area contributed by atoms with Gasteiger partial charge in [-0.3, -0.25) is 0 Å². The van der Waals surface area contributed by atoms with Crippen LogP contribution < -0.4 is 0 Å². The quantitative estimate of drug-likeness (QED) is 0.464. The second kappa shape index (κ2) is 6.66. The van der Waals surface area contributed by atoms with Crippen molar-refractivity contribution in [2.75, 3.05) is 0 Å². The Bertz CT molecular complexity index is 191. The van der Waals surface area contributed by atoms with Crippen molar-refractivity contribution in [1.82, 2.24) is 0 Å². The Labute approximate surface area is 90.6 Å². The van der Waals surface area contributed by atoms with Crippen LogP contribution >= 0.6 is 0 Å². The molecule has 0 nitrogen and oxygen atoms in total. The molecule has 0 heterocycles. The Kier molecular flexibility index (Phi) is 6.63. The van der Waals surface area contributed by atoms with Gasteiger partial charge in [0.2, 0.25) is 0 Å². The summed E-state index contributed by atoms with van der Waals surface area (Å²) in [5, 5.41) is 0. The first-order valence-electron chi connectivity index (χ1n) is 3.58. The minimum atomic E-state index is 0. The number of hydrogen-bond donors (Lipinski definition) is 0. The van der Waals surface area contributed by atoms with Crippen LogP contribution in [-0.2, 0) is 6.42 Å². The third-order valence-electron chi connectivity index (χ3n) is 1.48. The number of rotatable bonds is 3. The van der Waals surface area contributed by atoms with Gasteiger partial charge in [-0.05, 0) is 18.4 Å². The van der Waals surface area contributed by atoms with E-state index in [1.807, 2.05) is 12.1 Å². The maximum atomic E-state index is 3.68. The van der Waals surface area contributed by atoms with Crippen molar-refractivity contribution in [2.45, 2.75) is 12.8 Å². The molecular formula is C10H13Na. The third-order valence-corrected chi connectivity index (χ3v) is 1.48. The molecule has 54 valence electrons. The van der Waals surface area contributed by atoms with E-state index in [0.717, 1.165) is 12.8 Å². The van der Waals surface area contributed by atoms with Crippen molar-refractivity contribution in [3.05, 3.63) is 48.6 Å². The van der Waals surface area contributed by atoms with E-state index in [0.29, 0.717) is 0 Å².